The third-order valence-corrected chi connectivity index (χ3v) is 5.48. The molecule has 0 unspecified atom stereocenters. The van der Waals surface area contributed by atoms with Gasteiger partial charge < -0.3 is 0 Å². The molecule has 0 radical (unpaired) electrons. The maximum atomic E-state index is 4.84. The highest BCUT2D eigenvalue weighted by molar-refractivity contribution is 9.10. The third-order valence-electron chi connectivity index (χ3n) is 3.45. The number of hydrogen-bond donors (Lipinski definition) is 0. The first kappa shape index (κ1) is 14.5. The Morgan fingerprint density at radius 1 is 0.913 bits per heavy atom. The van der Waals surface area contributed by atoms with E-state index in [1.165, 1.54) is 0 Å². The van der Waals surface area contributed by atoms with Gasteiger partial charge in [0, 0.05) is 21.8 Å². The zero-order valence-corrected chi connectivity index (χ0v) is 14.5. The molecular formula is C18H12BrN3S. The van der Waals surface area contributed by atoms with E-state index < -0.39 is 0 Å². The number of benzene rings is 1. The van der Waals surface area contributed by atoms with Gasteiger partial charge in [-0.1, -0.05) is 36.0 Å². The van der Waals surface area contributed by atoms with Crippen LogP contribution in [0.3, 0.4) is 0 Å². The molecule has 0 fully saturated rings. The van der Waals surface area contributed by atoms with Crippen molar-refractivity contribution in [3.05, 3.63) is 77.5 Å². The van der Waals surface area contributed by atoms with E-state index in [9.17, 15) is 0 Å². The van der Waals surface area contributed by atoms with E-state index in [0.29, 0.717) is 0 Å². The average Bonchev–Trinajstić information content (AvgIpc) is 2.97. The van der Waals surface area contributed by atoms with Crippen molar-refractivity contribution in [2.45, 2.75) is 9.92 Å². The van der Waals surface area contributed by atoms with Crippen LogP contribution in [-0.2, 0) is 0 Å². The van der Waals surface area contributed by atoms with Crippen molar-refractivity contribution < 1.29 is 0 Å². The Kier molecular flexibility index (Phi) is 3.89. The molecule has 0 aliphatic rings. The summed E-state index contributed by atoms with van der Waals surface area (Å²) in [5, 5.41) is 0.971. The molecule has 0 atom stereocenters. The van der Waals surface area contributed by atoms with Gasteiger partial charge in [-0.15, -0.1) is 0 Å². The van der Waals surface area contributed by atoms with Crippen molar-refractivity contribution in [2.75, 3.05) is 0 Å². The predicted octanol–water partition coefficient (Wildman–Crippen LogP) is 5.31. The maximum absolute atomic E-state index is 4.84. The fourth-order valence-corrected chi connectivity index (χ4v) is 3.84. The molecule has 5 heteroatoms. The number of halogens is 1. The van der Waals surface area contributed by atoms with E-state index in [2.05, 4.69) is 37.4 Å². The molecule has 0 aliphatic heterocycles. The Labute approximate surface area is 146 Å². The van der Waals surface area contributed by atoms with Gasteiger partial charge in [-0.25, -0.2) is 4.98 Å². The molecule has 0 N–H and O–H groups in total. The summed E-state index contributed by atoms with van der Waals surface area (Å²) >= 11 is 5.25. The monoisotopic (exact) mass is 381 g/mol. The number of pyridine rings is 2. The molecule has 0 saturated heterocycles. The molecule has 4 aromatic rings. The van der Waals surface area contributed by atoms with Crippen LogP contribution in [0.4, 0.5) is 0 Å². The zero-order valence-electron chi connectivity index (χ0n) is 12.1. The van der Waals surface area contributed by atoms with E-state index in [-0.39, 0.29) is 0 Å². The van der Waals surface area contributed by atoms with E-state index in [1.54, 1.807) is 18.0 Å². The first-order valence-electron chi connectivity index (χ1n) is 7.14. The summed E-state index contributed by atoms with van der Waals surface area (Å²) in [5.41, 5.74) is 1.95. The van der Waals surface area contributed by atoms with Gasteiger partial charge in [0.1, 0.15) is 10.7 Å². The molecule has 23 heavy (non-hydrogen) atoms. The van der Waals surface area contributed by atoms with Gasteiger partial charge in [-0.2, -0.15) is 0 Å². The zero-order chi connectivity index (χ0) is 15.6. The van der Waals surface area contributed by atoms with Crippen LogP contribution in [0.1, 0.15) is 0 Å². The fourth-order valence-electron chi connectivity index (χ4n) is 2.39. The summed E-state index contributed by atoms with van der Waals surface area (Å²) in [6, 6.07) is 20.2. The molecular weight excluding hydrogens is 370 g/mol. The Morgan fingerprint density at radius 3 is 2.57 bits per heavy atom. The van der Waals surface area contributed by atoms with E-state index >= 15 is 0 Å². The average molecular weight is 382 g/mol. The minimum Gasteiger partial charge on any atom is -0.297 e. The lowest BCUT2D eigenvalue weighted by Crippen LogP contribution is -1.90. The van der Waals surface area contributed by atoms with Crippen molar-refractivity contribution in [1.82, 2.24) is 14.4 Å². The lowest BCUT2D eigenvalue weighted by atomic mass is 10.3. The smallest absolute Gasteiger partial charge is 0.164 e. The van der Waals surface area contributed by atoms with Gasteiger partial charge in [0.25, 0.3) is 0 Å². The van der Waals surface area contributed by atoms with Gasteiger partial charge in [0.05, 0.1) is 5.52 Å². The number of fused-ring (bicyclic) bond motifs is 1. The fraction of sp³-hybridized carbons (Fsp3) is 0. The molecule has 0 amide bonds. The Morgan fingerprint density at radius 2 is 1.74 bits per heavy atom. The Hall–Kier alpha value is -2.11. The molecule has 3 nitrogen and oxygen atoms in total. The van der Waals surface area contributed by atoms with Gasteiger partial charge >= 0.3 is 0 Å². The first-order valence-corrected chi connectivity index (χ1v) is 8.75. The summed E-state index contributed by atoms with van der Waals surface area (Å²) in [4.78, 5) is 10.4. The van der Waals surface area contributed by atoms with Crippen LogP contribution in [0, 0.1) is 0 Å². The third kappa shape index (κ3) is 2.78. The second-order valence-corrected chi connectivity index (χ2v) is 6.83. The summed E-state index contributed by atoms with van der Waals surface area (Å²) in [7, 11) is 0. The number of nitrogens with zero attached hydrogens (tertiary/aromatic N) is 3. The van der Waals surface area contributed by atoms with Crippen molar-refractivity contribution in [1.29, 1.82) is 0 Å². The highest BCUT2D eigenvalue weighted by atomic mass is 79.9. The molecule has 3 aromatic heterocycles. The maximum Gasteiger partial charge on any atom is 0.164 e. The number of hydrogen-bond acceptors (Lipinski definition) is 3. The first-order chi connectivity index (χ1) is 11.3. The lowest BCUT2D eigenvalue weighted by molar-refractivity contribution is 1.12. The van der Waals surface area contributed by atoms with Gasteiger partial charge in [0.2, 0.25) is 0 Å². The second kappa shape index (κ2) is 6.18. The van der Waals surface area contributed by atoms with Crippen molar-refractivity contribution >= 4 is 33.2 Å². The SMILES string of the molecule is Brc1ccccc1Sc1nc(-c2ccccn2)n2ccccc12. The minimum atomic E-state index is 0.857. The summed E-state index contributed by atoms with van der Waals surface area (Å²) in [6.45, 7) is 0. The van der Waals surface area contributed by atoms with Crippen molar-refractivity contribution in [3.8, 4) is 11.5 Å². The summed E-state index contributed by atoms with van der Waals surface area (Å²) < 4.78 is 3.16. The Balaban J connectivity index is 1.87. The van der Waals surface area contributed by atoms with Crippen LogP contribution >= 0.6 is 27.7 Å². The molecule has 1 aromatic carbocycles. The van der Waals surface area contributed by atoms with Crippen LogP contribution in [0.25, 0.3) is 17.0 Å². The molecule has 0 saturated carbocycles. The van der Waals surface area contributed by atoms with Crippen LogP contribution in [0.2, 0.25) is 0 Å². The molecule has 4 rings (SSSR count). The summed E-state index contributed by atoms with van der Waals surface area (Å²) in [6.07, 6.45) is 3.82. The minimum absolute atomic E-state index is 0.857. The standard InChI is InChI=1S/C18H12BrN3S/c19-13-7-1-2-10-16(13)23-18-15-9-4-6-12-22(15)17(21-18)14-8-3-5-11-20-14/h1-12H. The topological polar surface area (TPSA) is 30.2 Å². The highest BCUT2D eigenvalue weighted by Gasteiger charge is 2.14. The number of aromatic nitrogens is 3. The van der Waals surface area contributed by atoms with E-state index in [4.69, 9.17) is 4.98 Å². The van der Waals surface area contributed by atoms with Gasteiger partial charge in [-0.05, 0) is 52.3 Å². The number of rotatable bonds is 3. The van der Waals surface area contributed by atoms with Gasteiger partial charge in [-0.3, -0.25) is 9.38 Å². The molecule has 0 aliphatic carbocycles. The van der Waals surface area contributed by atoms with Crippen LogP contribution in [-0.4, -0.2) is 14.4 Å². The quantitative estimate of drug-likeness (QED) is 0.481. The van der Waals surface area contributed by atoms with Gasteiger partial charge in [0.15, 0.2) is 5.82 Å². The molecule has 112 valence electrons. The summed E-state index contributed by atoms with van der Waals surface area (Å²) in [5.74, 6) is 0.857. The van der Waals surface area contributed by atoms with Crippen LogP contribution < -0.4 is 0 Å². The van der Waals surface area contributed by atoms with Crippen LogP contribution in [0.15, 0.2) is 87.5 Å². The van der Waals surface area contributed by atoms with Crippen LogP contribution in [0.5, 0.6) is 0 Å². The Bertz CT molecular complexity index is 966. The molecule has 0 spiro atoms. The van der Waals surface area contributed by atoms with Crippen molar-refractivity contribution in [2.24, 2.45) is 0 Å². The van der Waals surface area contributed by atoms with Crippen molar-refractivity contribution in [3.63, 3.8) is 0 Å². The highest BCUT2D eigenvalue weighted by Crippen LogP contribution is 2.36. The van der Waals surface area contributed by atoms with E-state index in [0.717, 1.165) is 31.4 Å². The normalized spacial score (nSPS) is 11.0. The lowest BCUT2D eigenvalue weighted by Gasteiger charge is -2.01. The molecule has 0 bridgehead atoms. The number of imidazole rings is 1. The second-order valence-electron chi connectivity index (χ2n) is 4.94. The molecule has 3 heterocycles. The largest absolute Gasteiger partial charge is 0.297 e. The van der Waals surface area contributed by atoms with E-state index in [1.807, 2.05) is 54.7 Å². The predicted molar refractivity (Wildman–Crippen MR) is 96.7 cm³/mol.